The van der Waals surface area contributed by atoms with Crippen LogP contribution in [0.4, 0.5) is 5.69 Å². The van der Waals surface area contributed by atoms with E-state index in [4.69, 9.17) is 4.74 Å². The summed E-state index contributed by atoms with van der Waals surface area (Å²) in [7, 11) is 1.59. The van der Waals surface area contributed by atoms with E-state index in [0.29, 0.717) is 24.3 Å². The van der Waals surface area contributed by atoms with Crippen LogP contribution < -0.4 is 10.6 Å². The lowest BCUT2D eigenvalue weighted by molar-refractivity contribution is -0.116. The lowest BCUT2D eigenvalue weighted by atomic mass is 10.1. The number of nitrogens with one attached hydrogen (secondary N) is 2. The molecular formula is C15H22N2O3. The molecule has 5 nitrogen and oxygen atoms in total. The summed E-state index contributed by atoms with van der Waals surface area (Å²) in [6.45, 7) is 4.30. The van der Waals surface area contributed by atoms with Gasteiger partial charge in [-0.1, -0.05) is 6.92 Å². The van der Waals surface area contributed by atoms with E-state index in [2.05, 4.69) is 10.6 Å². The smallest absolute Gasteiger partial charge is 0.251 e. The van der Waals surface area contributed by atoms with Gasteiger partial charge in [-0.25, -0.2) is 0 Å². The summed E-state index contributed by atoms with van der Waals surface area (Å²) in [5.74, 6) is -0.167. The van der Waals surface area contributed by atoms with Crippen LogP contribution in [0.5, 0.6) is 0 Å². The molecule has 1 aromatic carbocycles. The van der Waals surface area contributed by atoms with E-state index >= 15 is 0 Å². The summed E-state index contributed by atoms with van der Waals surface area (Å²) in [6, 6.07) is 6.79. The Morgan fingerprint density at radius 2 is 1.90 bits per heavy atom. The number of benzene rings is 1. The minimum atomic E-state index is -0.152. The molecule has 1 aromatic rings. The molecule has 0 radical (unpaired) electrons. The topological polar surface area (TPSA) is 67.4 Å². The normalized spacial score (nSPS) is 11.8. The summed E-state index contributed by atoms with van der Waals surface area (Å²) in [4.78, 5) is 23.4. The maximum atomic E-state index is 11.9. The standard InChI is InChI=1S/C15H22N2O3/c1-4-5-14(18)17-13-8-6-12(7-9-13)15(19)16-11(2)10-20-3/h6-9,11H,4-5,10H2,1-3H3,(H,16,19)(H,17,18)/t11-/m0/s1. The van der Waals surface area contributed by atoms with Crippen LogP contribution in [0.25, 0.3) is 0 Å². The first-order valence-electron chi connectivity index (χ1n) is 6.76. The fourth-order valence-corrected chi connectivity index (χ4v) is 1.75. The van der Waals surface area contributed by atoms with Crippen molar-refractivity contribution in [2.24, 2.45) is 0 Å². The number of amides is 2. The highest BCUT2D eigenvalue weighted by Gasteiger charge is 2.09. The molecule has 1 rings (SSSR count). The van der Waals surface area contributed by atoms with E-state index in [1.54, 1.807) is 31.4 Å². The van der Waals surface area contributed by atoms with Crippen LogP contribution in [-0.2, 0) is 9.53 Å². The second-order valence-corrected chi connectivity index (χ2v) is 4.71. The van der Waals surface area contributed by atoms with Crippen LogP contribution in [0, 0.1) is 0 Å². The second-order valence-electron chi connectivity index (χ2n) is 4.71. The van der Waals surface area contributed by atoms with Gasteiger partial charge in [-0.15, -0.1) is 0 Å². The summed E-state index contributed by atoms with van der Waals surface area (Å²) < 4.78 is 4.96. The van der Waals surface area contributed by atoms with E-state index in [1.165, 1.54) is 0 Å². The highest BCUT2D eigenvalue weighted by molar-refractivity contribution is 5.95. The summed E-state index contributed by atoms with van der Waals surface area (Å²) in [5.41, 5.74) is 1.26. The Kier molecular flexibility index (Phi) is 6.73. The zero-order valence-electron chi connectivity index (χ0n) is 12.2. The van der Waals surface area contributed by atoms with E-state index in [1.807, 2.05) is 13.8 Å². The maximum Gasteiger partial charge on any atom is 0.251 e. The maximum absolute atomic E-state index is 11.9. The van der Waals surface area contributed by atoms with Crippen LogP contribution >= 0.6 is 0 Å². The first-order chi connectivity index (χ1) is 9.56. The van der Waals surface area contributed by atoms with Gasteiger partial charge in [0, 0.05) is 30.8 Å². The van der Waals surface area contributed by atoms with Gasteiger partial charge in [-0.2, -0.15) is 0 Å². The van der Waals surface area contributed by atoms with Gasteiger partial charge in [-0.05, 0) is 37.6 Å². The summed E-state index contributed by atoms with van der Waals surface area (Å²) >= 11 is 0. The van der Waals surface area contributed by atoms with E-state index in [9.17, 15) is 9.59 Å². The molecule has 2 N–H and O–H groups in total. The molecule has 0 unspecified atom stereocenters. The molecule has 0 fully saturated rings. The van der Waals surface area contributed by atoms with Gasteiger partial charge in [0.2, 0.25) is 5.91 Å². The van der Waals surface area contributed by atoms with Crippen LogP contribution in [0.1, 0.15) is 37.0 Å². The first kappa shape index (κ1) is 16.2. The number of ether oxygens (including phenoxy) is 1. The molecule has 0 aliphatic rings. The van der Waals surface area contributed by atoms with Crippen LogP contribution in [0.15, 0.2) is 24.3 Å². The van der Waals surface area contributed by atoms with Gasteiger partial charge < -0.3 is 15.4 Å². The average molecular weight is 278 g/mol. The van der Waals surface area contributed by atoms with Crippen LogP contribution in [0.3, 0.4) is 0 Å². The SMILES string of the molecule is CCCC(=O)Nc1ccc(C(=O)N[C@@H](C)COC)cc1. The molecule has 0 bridgehead atoms. The van der Waals surface area contributed by atoms with Crippen LogP contribution in [0.2, 0.25) is 0 Å². The Bertz CT molecular complexity index is 443. The lowest BCUT2D eigenvalue weighted by Gasteiger charge is -2.13. The van der Waals surface area contributed by atoms with Crippen molar-refractivity contribution in [1.29, 1.82) is 0 Å². The number of methoxy groups -OCH3 is 1. The molecular weight excluding hydrogens is 256 g/mol. The number of carbonyl (C=O) groups excluding carboxylic acids is 2. The van der Waals surface area contributed by atoms with Gasteiger partial charge in [-0.3, -0.25) is 9.59 Å². The molecule has 0 aliphatic carbocycles. The van der Waals surface area contributed by atoms with Crippen molar-refractivity contribution < 1.29 is 14.3 Å². The molecule has 110 valence electrons. The van der Waals surface area contributed by atoms with Crippen molar-refractivity contribution in [2.45, 2.75) is 32.7 Å². The predicted octanol–water partition coefficient (Wildman–Crippen LogP) is 2.19. The predicted molar refractivity (Wildman–Crippen MR) is 78.8 cm³/mol. The number of hydrogen-bond acceptors (Lipinski definition) is 3. The van der Waals surface area contributed by atoms with Gasteiger partial charge >= 0.3 is 0 Å². The van der Waals surface area contributed by atoms with E-state index < -0.39 is 0 Å². The Hall–Kier alpha value is -1.88. The van der Waals surface area contributed by atoms with Crippen molar-refractivity contribution in [3.63, 3.8) is 0 Å². The third kappa shape index (κ3) is 5.40. The highest BCUT2D eigenvalue weighted by atomic mass is 16.5. The quantitative estimate of drug-likeness (QED) is 0.803. The largest absolute Gasteiger partial charge is 0.383 e. The van der Waals surface area contributed by atoms with Crippen molar-refractivity contribution in [1.82, 2.24) is 5.32 Å². The Balaban J connectivity index is 2.57. The molecule has 0 saturated carbocycles. The minimum absolute atomic E-state index is 0.0154. The number of hydrogen-bond donors (Lipinski definition) is 2. The fraction of sp³-hybridized carbons (Fsp3) is 0.467. The molecule has 2 amide bonds. The third-order valence-electron chi connectivity index (χ3n) is 2.70. The molecule has 0 aliphatic heterocycles. The monoisotopic (exact) mass is 278 g/mol. The molecule has 20 heavy (non-hydrogen) atoms. The van der Waals surface area contributed by atoms with Gasteiger partial charge in [0.05, 0.1) is 6.61 Å². The number of carbonyl (C=O) groups is 2. The van der Waals surface area contributed by atoms with Crippen molar-refractivity contribution in [2.75, 3.05) is 19.0 Å². The van der Waals surface area contributed by atoms with E-state index in [0.717, 1.165) is 6.42 Å². The lowest BCUT2D eigenvalue weighted by Crippen LogP contribution is -2.35. The van der Waals surface area contributed by atoms with Crippen molar-refractivity contribution in [3.05, 3.63) is 29.8 Å². The zero-order valence-corrected chi connectivity index (χ0v) is 12.2. The summed E-state index contributed by atoms with van der Waals surface area (Å²) in [6.07, 6.45) is 1.31. The number of anilines is 1. The van der Waals surface area contributed by atoms with E-state index in [-0.39, 0.29) is 17.9 Å². The molecule has 0 aromatic heterocycles. The minimum Gasteiger partial charge on any atom is -0.383 e. The third-order valence-corrected chi connectivity index (χ3v) is 2.70. The average Bonchev–Trinajstić information content (AvgIpc) is 2.39. The fourth-order valence-electron chi connectivity index (χ4n) is 1.75. The Morgan fingerprint density at radius 1 is 1.25 bits per heavy atom. The Labute approximate surface area is 119 Å². The molecule has 5 heteroatoms. The first-order valence-corrected chi connectivity index (χ1v) is 6.76. The molecule has 0 heterocycles. The van der Waals surface area contributed by atoms with Crippen LogP contribution in [-0.4, -0.2) is 31.6 Å². The molecule has 0 spiro atoms. The zero-order chi connectivity index (χ0) is 15.0. The summed E-state index contributed by atoms with van der Waals surface area (Å²) in [5, 5.41) is 5.61. The molecule has 0 saturated heterocycles. The van der Waals surface area contributed by atoms with Crippen molar-refractivity contribution >= 4 is 17.5 Å². The number of rotatable bonds is 7. The highest BCUT2D eigenvalue weighted by Crippen LogP contribution is 2.10. The van der Waals surface area contributed by atoms with Gasteiger partial charge in [0.25, 0.3) is 5.91 Å². The van der Waals surface area contributed by atoms with Gasteiger partial charge in [0.15, 0.2) is 0 Å². The van der Waals surface area contributed by atoms with Crippen molar-refractivity contribution in [3.8, 4) is 0 Å². The van der Waals surface area contributed by atoms with Gasteiger partial charge in [0.1, 0.15) is 0 Å². The molecule has 1 atom stereocenters. The second kappa shape index (κ2) is 8.32. The Morgan fingerprint density at radius 3 is 2.45 bits per heavy atom.